The number of para-hydroxylation sites is 2. The Morgan fingerprint density at radius 2 is 1.57 bits per heavy atom. The quantitative estimate of drug-likeness (QED) is 0.351. The largest absolute Gasteiger partial charge is 0.495 e. The van der Waals surface area contributed by atoms with Crippen LogP contribution in [0.3, 0.4) is 0 Å². The van der Waals surface area contributed by atoms with Crippen LogP contribution in [0, 0.1) is 0 Å². The highest BCUT2D eigenvalue weighted by Gasteiger charge is 2.17. The molecule has 4 aromatic rings. The number of aromatic nitrogens is 2. The lowest BCUT2D eigenvalue weighted by Crippen LogP contribution is -2.22. The summed E-state index contributed by atoms with van der Waals surface area (Å²) in [5, 5.41) is 11.9. The highest BCUT2D eigenvalue weighted by Crippen LogP contribution is 2.24. The van der Waals surface area contributed by atoms with Gasteiger partial charge in [-0.05, 0) is 42.5 Å². The predicted octanol–water partition coefficient (Wildman–Crippen LogP) is 2.98. The van der Waals surface area contributed by atoms with Gasteiger partial charge >= 0.3 is 5.97 Å². The van der Waals surface area contributed by atoms with Crippen molar-refractivity contribution >= 4 is 39.9 Å². The van der Waals surface area contributed by atoms with Gasteiger partial charge in [0.15, 0.2) is 12.3 Å². The van der Waals surface area contributed by atoms with Crippen LogP contribution in [-0.4, -0.2) is 41.7 Å². The van der Waals surface area contributed by atoms with E-state index in [1.165, 1.54) is 7.11 Å². The number of ether oxygens (including phenoxy) is 2. The lowest BCUT2D eigenvalue weighted by atomic mass is 10.1. The lowest BCUT2D eigenvalue weighted by molar-refractivity contribution is -0.119. The molecule has 0 radical (unpaired) electrons. The van der Waals surface area contributed by atoms with Gasteiger partial charge < -0.3 is 20.1 Å². The number of aromatic amines is 1. The summed E-state index contributed by atoms with van der Waals surface area (Å²) in [7, 11) is 1.51. The van der Waals surface area contributed by atoms with Crippen molar-refractivity contribution in [2.24, 2.45) is 0 Å². The Kier molecular flexibility index (Phi) is 6.82. The summed E-state index contributed by atoms with van der Waals surface area (Å²) in [6.07, 6.45) is 0. The van der Waals surface area contributed by atoms with Crippen LogP contribution in [-0.2, 0) is 9.53 Å². The number of esters is 1. The molecule has 0 spiro atoms. The third-order valence-corrected chi connectivity index (χ3v) is 5.01. The summed E-state index contributed by atoms with van der Waals surface area (Å²) in [6, 6.07) is 19.7. The molecule has 1 aromatic heterocycles. The Labute approximate surface area is 198 Å². The van der Waals surface area contributed by atoms with E-state index >= 15 is 0 Å². The van der Waals surface area contributed by atoms with E-state index in [1.807, 2.05) is 0 Å². The Bertz CT molecular complexity index is 1460. The molecule has 176 valence electrons. The van der Waals surface area contributed by atoms with Crippen molar-refractivity contribution in [3.8, 4) is 5.75 Å². The number of H-pyrrole nitrogens is 1. The molecule has 0 saturated heterocycles. The van der Waals surface area contributed by atoms with Crippen LogP contribution < -0.4 is 20.9 Å². The average Bonchev–Trinajstić information content (AvgIpc) is 2.88. The van der Waals surface area contributed by atoms with Crippen molar-refractivity contribution in [2.45, 2.75) is 0 Å². The Hall–Kier alpha value is -4.99. The maximum Gasteiger partial charge on any atom is 0.359 e. The number of methoxy groups -OCH3 is 1. The molecule has 0 saturated carbocycles. The maximum absolute atomic E-state index is 12.5. The van der Waals surface area contributed by atoms with Crippen molar-refractivity contribution in [1.29, 1.82) is 0 Å². The number of anilines is 2. The number of hydrogen-bond donors (Lipinski definition) is 3. The van der Waals surface area contributed by atoms with Crippen LogP contribution in [0.15, 0.2) is 77.6 Å². The molecule has 0 fully saturated rings. The number of nitrogens with zero attached hydrogens (tertiary/aromatic N) is 1. The van der Waals surface area contributed by atoms with Gasteiger partial charge in [-0.2, -0.15) is 5.10 Å². The molecule has 0 aliphatic heterocycles. The van der Waals surface area contributed by atoms with Crippen LogP contribution in [0.1, 0.15) is 20.8 Å². The monoisotopic (exact) mass is 472 g/mol. The molecule has 3 N–H and O–H groups in total. The fraction of sp³-hybridized carbons (Fsp3) is 0.0800. The first-order valence-electron chi connectivity index (χ1n) is 10.4. The van der Waals surface area contributed by atoms with E-state index in [1.54, 1.807) is 72.8 Å². The average molecular weight is 472 g/mol. The number of amides is 2. The fourth-order valence-electron chi connectivity index (χ4n) is 3.31. The first-order chi connectivity index (χ1) is 17.0. The number of carbonyl (C=O) groups is 3. The van der Waals surface area contributed by atoms with Crippen LogP contribution in [0.4, 0.5) is 11.4 Å². The molecule has 4 rings (SSSR count). The third kappa shape index (κ3) is 5.33. The zero-order valence-electron chi connectivity index (χ0n) is 18.5. The van der Waals surface area contributed by atoms with E-state index in [0.717, 1.165) is 0 Å². The molecular formula is C25H20N4O6. The van der Waals surface area contributed by atoms with Gasteiger partial charge in [0, 0.05) is 16.6 Å². The second-order valence-corrected chi connectivity index (χ2v) is 7.30. The van der Waals surface area contributed by atoms with E-state index in [2.05, 4.69) is 20.8 Å². The number of rotatable bonds is 7. The number of hydrogen-bond acceptors (Lipinski definition) is 7. The zero-order valence-corrected chi connectivity index (χ0v) is 18.5. The summed E-state index contributed by atoms with van der Waals surface area (Å²) < 4.78 is 10.3. The number of carbonyl (C=O) groups excluding carboxylic acids is 3. The second-order valence-electron chi connectivity index (χ2n) is 7.30. The molecular weight excluding hydrogens is 452 g/mol. The Morgan fingerprint density at radius 1 is 0.886 bits per heavy atom. The first-order valence-corrected chi connectivity index (χ1v) is 10.4. The predicted molar refractivity (Wildman–Crippen MR) is 129 cm³/mol. The van der Waals surface area contributed by atoms with Gasteiger partial charge in [-0.15, -0.1) is 0 Å². The van der Waals surface area contributed by atoms with E-state index in [4.69, 9.17) is 9.47 Å². The SMILES string of the molecule is COc1ccccc1NC(=O)c1ccc(NC(=O)COC(=O)c2n[nH]c(=O)c3ccccc23)cc1. The minimum Gasteiger partial charge on any atom is -0.495 e. The van der Waals surface area contributed by atoms with E-state index < -0.39 is 24.0 Å². The normalized spacial score (nSPS) is 10.4. The van der Waals surface area contributed by atoms with Crippen LogP contribution in [0.25, 0.3) is 10.8 Å². The molecule has 0 aliphatic carbocycles. The van der Waals surface area contributed by atoms with Crippen LogP contribution in [0.2, 0.25) is 0 Å². The third-order valence-electron chi connectivity index (χ3n) is 5.01. The minimum absolute atomic E-state index is 0.0987. The minimum atomic E-state index is -0.851. The summed E-state index contributed by atoms with van der Waals surface area (Å²) >= 11 is 0. The molecule has 0 atom stereocenters. The molecule has 0 unspecified atom stereocenters. The molecule has 3 aromatic carbocycles. The van der Waals surface area contributed by atoms with Gasteiger partial charge in [0.1, 0.15) is 5.75 Å². The maximum atomic E-state index is 12.5. The van der Waals surface area contributed by atoms with E-state index in [0.29, 0.717) is 28.1 Å². The van der Waals surface area contributed by atoms with Crippen molar-refractivity contribution in [3.63, 3.8) is 0 Å². The molecule has 10 heteroatoms. The van der Waals surface area contributed by atoms with Gasteiger partial charge in [-0.1, -0.05) is 30.3 Å². The summed E-state index contributed by atoms with van der Waals surface area (Å²) in [5.74, 6) is -1.25. The van der Waals surface area contributed by atoms with Crippen molar-refractivity contribution in [2.75, 3.05) is 24.4 Å². The van der Waals surface area contributed by atoms with Gasteiger partial charge in [0.05, 0.1) is 18.2 Å². The van der Waals surface area contributed by atoms with E-state index in [-0.39, 0.29) is 17.0 Å². The lowest BCUT2D eigenvalue weighted by Gasteiger charge is -2.10. The summed E-state index contributed by atoms with van der Waals surface area (Å²) in [4.78, 5) is 49.0. The van der Waals surface area contributed by atoms with Crippen LogP contribution in [0.5, 0.6) is 5.75 Å². The first kappa shape index (κ1) is 23.2. The van der Waals surface area contributed by atoms with Crippen molar-refractivity contribution in [3.05, 3.63) is 94.4 Å². The molecule has 2 amide bonds. The smallest absolute Gasteiger partial charge is 0.359 e. The second kappa shape index (κ2) is 10.3. The summed E-state index contributed by atoms with van der Waals surface area (Å²) in [6.45, 7) is -0.565. The van der Waals surface area contributed by atoms with Crippen LogP contribution >= 0.6 is 0 Å². The molecule has 35 heavy (non-hydrogen) atoms. The number of nitrogens with one attached hydrogen (secondary N) is 3. The molecule has 1 heterocycles. The Morgan fingerprint density at radius 3 is 2.31 bits per heavy atom. The van der Waals surface area contributed by atoms with Gasteiger partial charge in [-0.3, -0.25) is 14.4 Å². The Balaban J connectivity index is 1.34. The number of benzene rings is 3. The van der Waals surface area contributed by atoms with Gasteiger partial charge in [0.25, 0.3) is 17.4 Å². The van der Waals surface area contributed by atoms with Gasteiger partial charge in [-0.25, -0.2) is 9.89 Å². The van der Waals surface area contributed by atoms with Crippen molar-refractivity contribution < 1.29 is 23.9 Å². The fourth-order valence-corrected chi connectivity index (χ4v) is 3.31. The molecule has 0 bridgehead atoms. The van der Waals surface area contributed by atoms with Crippen molar-refractivity contribution in [1.82, 2.24) is 10.2 Å². The standard InChI is InChI=1S/C25H20N4O6/c1-34-20-9-5-4-8-19(20)27-23(31)15-10-12-16(13-11-15)26-21(30)14-35-25(33)22-17-6-2-3-7-18(17)24(32)29-28-22/h2-13H,14H2,1H3,(H,26,30)(H,27,31)(H,29,32). The highest BCUT2D eigenvalue weighted by atomic mass is 16.5. The number of fused-ring (bicyclic) bond motifs is 1. The highest BCUT2D eigenvalue weighted by molar-refractivity contribution is 6.06. The summed E-state index contributed by atoms with van der Waals surface area (Å²) in [5.41, 5.74) is 0.779. The topological polar surface area (TPSA) is 139 Å². The molecule has 0 aliphatic rings. The molecule has 10 nitrogen and oxygen atoms in total. The van der Waals surface area contributed by atoms with Gasteiger partial charge in [0.2, 0.25) is 0 Å². The van der Waals surface area contributed by atoms with E-state index in [9.17, 15) is 19.2 Å². The zero-order chi connectivity index (χ0) is 24.8.